The van der Waals surface area contributed by atoms with Crippen molar-refractivity contribution < 1.29 is 14.6 Å². The summed E-state index contributed by atoms with van der Waals surface area (Å²) in [6.07, 6.45) is 0.718. The van der Waals surface area contributed by atoms with E-state index in [1.165, 1.54) is 0 Å². The Labute approximate surface area is 60.3 Å². The highest BCUT2D eigenvalue weighted by Gasteiger charge is 2.07. The van der Waals surface area contributed by atoms with Gasteiger partial charge in [0.1, 0.15) is 0 Å². The summed E-state index contributed by atoms with van der Waals surface area (Å²) < 4.78 is 4.87. The highest BCUT2D eigenvalue weighted by Crippen LogP contribution is 2.02. The molecule has 1 N–H and O–H groups in total. The topological polar surface area (TPSA) is 46.5 Å². The van der Waals surface area contributed by atoms with Crippen LogP contribution in [0.1, 0.15) is 20.3 Å². The van der Waals surface area contributed by atoms with Crippen molar-refractivity contribution in [1.82, 2.24) is 0 Å². The number of carboxylic acids is 1. The average molecular weight is 144 g/mol. The third kappa shape index (κ3) is 3.12. The molecule has 0 radical (unpaired) electrons. The first-order chi connectivity index (χ1) is 4.57. The predicted octanol–water partition coefficient (Wildman–Crippen LogP) is 1.40. The highest BCUT2D eigenvalue weighted by atomic mass is 16.5. The van der Waals surface area contributed by atoms with Crippen molar-refractivity contribution in [3.8, 4) is 0 Å². The molecule has 0 aliphatic carbocycles. The predicted molar refractivity (Wildman–Crippen MR) is 37.6 cm³/mol. The van der Waals surface area contributed by atoms with Crippen molar-refractivity contribution in [3.05, 3.63) is 12.3 Å². The van der Waals surface area contributed by atoms with Crippen LogP contribution in [0, 0.1) is 0 Å². The molecule has 0 aromatic carbocycles. The maximum absolute atomic E-state index is 10.1. The van der Waals surface area contributed by atoms with E-state index in [0.717, 1.165) is 6.42 Å². The molecule has 0 amide bonds. The number of hydrogen-bond acceptors (Lipinski definition) is 2. The second kappa shape index (κ2) is 3.93. The zero-order valence-electron chi connectivity index (χ0n) is 6.26. The minimum Gasteiger partial charge on any atom is -0.484 e. The molecule has 0 rings (SSSR count). The molecule has 3 nitrogen and oxygen atoms in total. The van der Waals surface area contributed by atoms with Gasteiger partial charge >= 0.3 is 5.97 Å². The van der Waals surface area contributed by atoms with Crippen molar-refractivity contribution in [1.29, 1.82) is 0 Å². The molecular weight excluding hydrogens is 132 g/mol. The lowest BCUT2D eigenvalue weighted by molar-refractivity contribution is -0.137. The van der Waals surface area contributed by atoms with E-state index in [9.17, 15) is 4.79 Å². The molecule has 1 atom stereocenters. The summed E-state index contributed by atoms with van der Waals surface area (Å²) in [5.74, 6) is -1.28. The van der Waals surface area contributed by atoms with E-state index in [1.807, 2.05) is 6.92 Å². The van der Waals surface area contributed by atoms with Crippen molar-refractivity contribution in [3.63, 3.8) is 0 Å². The average Bonchev–Trinajstić information content (AvgIpc) is 1.87. The van der Waals surface area contributed by atoms with Gasteiger partial charge in [0.25, 0.3) is 0 Å². The summed E-state index contributed by atoms with van der Waals surface area (Å²) in [6, 6.07) is 0. The van der Waals surface area contributed by atoms with Gasteiger partial charge in [-0.15, -0.1) is 0 Å². The largest absolute Gasteiger partial charge is 0.484 e. The summed E-state index contributed by atoms with van der Waals surface area (Å²) in [4.78, 5) is 10.1. The summed E-state index contributed by atoms with van der Waals surface area (Å²) in [7, 11) is 0. The molecule has 58 valence electrons. The van der Waals surface area contributed by atoms with Crippen molar-refractivity contribution in [2.75, 3.05) is 0 Å². The summed E-state index contributed by atoms with van der Waals surface area (Å²) in [5, 5.41) is 8.30. The van der Waals surface area contributed by atoms with Crippen LogP contribution in [0.2, 0.25) is 0 Å². The highest BCUT2D eigenvalue weighted by molar-refractivity contribution is 5.83. The zero-order valence-corrected chi connectivity index (χ0v) is 6.26. The molecular formula is C7H12O3. The number of rotatable bonds is 4. The lowest BCUT2D eigenvalue weighted by Gasteiger charge is -2.10. The molecule has 0 fully saturated rings. The first-order valence-corrected chi connectivity index (χ1v) is 3.16. The van der Waals surface area contributed by atoms with Gasteiger partial charge in [-0.2, -0.15) is 0 Å². The van der Waals surface area contributed by atoms with Gasteiger partial charge in [-0.3, -0.25) is 0 Å². The van der Waals surface area contributed by atoms with Crippen LogP contribution in [0.25, 0.3) is 0 Å². The molecule has 1 unspecified atom stereocenters. The SMILES string of the molecule is C=C(OC(C)CC)C(=O)O. The van der Waals surface area contributed by atoms with Crippen LogP contribution >= 0.6 is 0 Å². The Morgan fingerprint density at radius 3 is 2.60 bits per heavy atom. The van der Waals surface area contributed by atoms with Gasteiger partial charge in [0.15, 0.2) is 5.76 Å². The van der Waals surface area contributed by atoms with Crippen LogP contribution in [-0.4, -0.2) is 17.2 Å². The van der Waals surface area contributed by atoms with E-state index in [-0.39, 0.29) is 11.9 Å². The van der Waals surface area contributed by atoms with Crippen molar-refractivity contribution in [2.24, 2.45) is 0 Å². The van der Waals surface area contributed by atoms with Gasteiger partial charge in [0, 0.05) is 0 Å². The zero-order chi connectivity index (χ0) is 8.15. The molecule has 0 heterocycles. The van der Waals surface area contributed by atoms with Gasteiger partial charge < -0.3 is 9.84 Å². The number of hydrogen-bond donors (Lipinski definition) is 1. The normalized spacial score (nSPS) is 12.2. The van der Waals surface area contributed by atoms with Crippen LogP contribution < -0.4 is 0 Å². The first-order valence-electron chi connectivity index (χ1n) is 3.16. The smallest absolute Gasteiger partial charge is 0.370 e. The van der Waals surface area contributed by atoms with Crippen LogP contribution in [0.4, 0.5) is 0 Å². The quantitative estimate of drug-likeness (QED) is 0.479. The Hall–Kier alpha value is -0.990. The second-order valence-electron chi connectivity index (χ2n) is 2.07. The van der Waals surface area contributed by atoms with Gasteiger partial charge in [0.2, 0.25) is 0 Å². The molecule has 10 heavy (non-hydrogen) atoms. The Morgan fingerprint density at radius 2 is 2.30 bits per heavy atom. The summed E-state index contributed by atoms with van der Waals surface area (Å²) in [6.45, 7) is 6.94. The maximum atomic E-state index is 10.1. The number of ether oxygens (including phenoxy) is 1. The molecule has 0 aliphatic rings. The van der Waals surface area contributed by atoms with Gasteiger partial charge in [-0.25, -0.2) is 4.79 Å². The molecule has 0 spiro atoms. The van der Waals surface area contributed by atoms with Gasteiger partial charge in [0.05, 0.1) is 6.10 Å². The molecule has 0 saturated carbocycles. The van der Waals surface area contributed by atoms with E-state index in [1.54, 1.807) is 6.92 Å². The fourth-order valence-electron chi connectivity index (χ4n) is 0.377. The first kappa shape index (κ1) is 9.01. The Balaban J connectivity index is 3.68. The minimum absolute atomic E-state index is 0.0661. The van der Waals surface area contributed by atoms with E-state index in [0.29, 0.717) is 0 Å². The standard InChI is InChI=1S/C7H12O3/c1-4-5(2)10-6(3)7(8)9/h5H,3-4H2,1-2H3,(H,8,9). The number of carboxylic acid groups (broad SMARTS) is 1. The van der Waals surface area contributed by atoms with E-state index in [2.05, 4.69) is 6.58 Å². The van der Waals surface area contributed by atoms with Gasteiger partial charge in [-0.1, -0.05) is 6.92 Å². The fourth-order valence-corrected chi connectivity index (χ4v) is 0.377. The molecule has 0 aromatic rings. The molecule has 3 heteroatoms. The molecule has 0 saturated heterocycles. The Bertz CT molecular complexity index is 140. The molecule has 0 bridgehead atoms. The minimum atomic E-state index is -1.10. The Kier molecular flexibility index (Phi) is 3.54. The van der Waals surface area contributed by atoms with Crippen molar-refractivity contribution >= 4 is 5.97 Å². The van der Waals surface area contributed by atoms with E-state index >= 15 is 0 Å². The fraction of sp³-hybridized carbons (Fsp3) is 0.571. The van der Waals surface area contributed by atoms with Crippen LogP contribution in [0.15, 0.2) is 12.3 Å². The van der Waals surface area contributed by atoms with Crippen molar-refractivity contribution in [2.45, 2.75) is 26.4 Å². The lowest BCUT2D eigenvalue weighted by Crippen LogP contribution is -2.11. The van der Waals surface area contributed by atoms with Crippen LogP contribution in [0.3, 0.4) is 0 Å². The lowest BCUT2D eigenvalue weighted by atomic mass is 10.3. The van der Waals surface area contributed by atoms with Crippen LogP contribution in [-0.2, 0) is 9.53 Å². The van der Waals surface area contributed by atoms with Crippen LogP contribution in [0.5, 0.6) is 0 Å². The molecule has 0 aliphatic heterocycles. The third-order valence-electron chi connectivity index (χ3n) is 1.16. The number of carbonyl (C=O) groups is 1. The summed E-state index contributed by atoms with van der Waals surface area (Å²) >= 11 is 0. The maximum Gasteiger partial charge on any atom is 0.370 e. The third-order valence-corrected chi connectivity index (χ3v) is 1.16. The summed E-state index contributed by atoms with van der Waals surface area (Å²) in [5.41, 5.74) is 0. The number of aliphatic carboxylic acids is 1. The van der Waals surface area contributed by atoms with Gasteiger partial charge in [-0.05, 0) is 19.9 Å². The molecule has 0 aromatic heterocycles. The Morgan fingerprint density at radius 1 is 1.80 bits per heavy atom. The van der Waals surface area contributed by atoms with E-state index < -0.39 is 5.97 Å². The second-order valence-corrected chi connectivity index (χ2v) is 2.07. The van der Waals surface area contributed by atoms with E-state index in [4.69, 9.17) is 9.84 Å². The monoisotopic (exact) mass is 144 g/mol.